The third-order valence-corrected chi connectivity index (χ3v) is 5.06. The van der Waals surface area contributed by atoms with Gasteiger partial charge in [-0.25, -0.2) is 4.98 Å². The van der Waals surface area contributed by atoms with Crippen LogP contribution in [0.2, 0.25) is 5.02 Å². The molecule has 1 fully saturated rings. The number of hydrogen-bond donors (Lipinski definition) is 1. The topological polar surface area (TPSA) is 59.2 Å². The predicted molar refractivity (Wildman–Crippen MR) is 96.6 cm³/mol. The first kappa shape index (κ1) is 18.2. The van der Waals surface area contributed by atoms with Gasteiger partial charge < -0.3 is 10.6 Å². The van der Waals surface area contributed by atoms with Crippen LogP contribution in [0.15, 0.2) is 29.6 Å². The van der Waals surface area contributed by atoms with E-state index in [1.165, 1.54) is 11.3 Å². The second kappa shape index (κ2) is 8.11. The van der Waals surface area contributed by atoms with Gasteiger partial charge >= 0.3 is 0 Å². The molecule has 1 amide bonds. The van der Waals surface area contributed by atoms with Crippen molar-refractivity contribution in [2.45, 2.75) is 25.3 Å². The number of thiazole rings is 1. The summed E-state index contributed by atoms with van der Waals surface area (Å²) in [5, 5.41) is 3.48. The Labute approximate surface area is 151 Å². The number of halogens is 2. The Morgan fingerprint density at radius 1 is 1.39 bits per heavy atom. The first-order chi connectivity index (χ1) is 10.7. The average molecular weight is 372 g/mol. The number of carbonyl (C=O) groups is 1. The van der Waals surface area contributed by atoms with Crippen LogP contribution in [0.5, 0.6) is 0 Å². The summed E-state index contributed by atoms with van der Waals surface area (Å²) in [6.45, 7) is 1.33. The van der Waals surface area contributed by atoms with E-state index < -0.39 is 0 Å². The van der Waals surface area contributed by atoms with Crippen LogP contribution >= 0.6 is 35.3 Å². The van der Waals surface area contributed by atoms with Crippen molar-refractivity contribution < 1.29 is 4.79 Å². The molecule has 4 nitrogen and oxygen atoms in total. The number of hydrogen-bond acceptors (Lipinski definition) is 4. The molecule has 1 aliphatic heterocycles. The fraction of sp³-hybridized carbons (Fsp3) is 0.375. The Bertz CT molecular complexity index is 660. The largest absolute Gasteiger partial charge is 0.330 e. The molecule has 1 aromatic carbocycles. The van der Waals surface area contributed by atoms with Gasteiger partial charge in [-0.1, -0.05) is 23.7 Å². The first-order valence-corrected chi connectivity index (χ1v) is 8.65. The first-order valence-electron chi connectivity index (χ1n) is 7.40. The van der Waals surface area contributed by atoms with Gasteiger partial charge in [0.25, 0.3) is 5.91 Å². The molecule has 1 unspecified atom stereocenters. The minimum atomic E-state index is 0. The molecular formula is C16H19Cl2N3OS. The van der Waals surface area contributed by atoms with Crippen LogP contribution < -0.4 is 5.73 Å². The van der Waals surface area contributed by atoms with Crippen molar-refractivity contribution in [3.8, 4) is 0 Å². The van der Waals surface area contributed by atoms with Crippen LogP contribution in [0, 0.1) is 0 Å². The summed E-state index contributed by atoms with van der Waals surface area (Å²) in [5.41, 5.74) is 7.21. The number of carbonyl (C=O) groups excluding carboxylic acids is 1. The molecule has 124 valence electrons. The van der Waals surface area contributed by atoms with Crippen molar-refractivity contribution in [2.24, 2.45) is 5.73 Å². The molecular weight excluding hydrogens is 353 g/mol. The highest BCUT2D eigenvalue weighted by Gasteiger charge is 2.31. The molecule has 3 rings (SSSR count). The zero-order chi connectivity index (χ0) is 15.5. The molecule has 2 heterocycles. The number of aromatic nitrogens is 1. The van der Waals surface area contributed by atoms with Gasteiger partial charge in [0.15, 0.2) is 0 Å². The zero-order valence-electron chi connectivity index (χ0n) is 12.6. The number of likely N-dealkylation sites (tertiary alicyclic amines) is 1. The highest BCUT2D eigenvalue weighted by atomic mass is 35.5. The second-order valence-electron chi connectivity index (χ2n) is 5.37. The van der Waals surface area contributed by atoms with E-state index in [1.54, 1.807) is 0 Å². The summed E-state index contributed by atoms with van der Waals surface area (Å²) in [6, 6.07) is 7.86. The summed E-state index contributed by atoms with van der Waals surface area (Å²) < 4.78 is 0. The standard InChI is InChI=1S/C16H18ClN3OS.ClH/c17-12-5-3-11(4-6-12)14-2-1-9-20(14)16(21)13-10-22-15(19-13)7-8-18;/h3-6,10,14H,1-2,7-9,18H2;1H. The minimum absolute atomic E-state index is 0. The summed E-state index contributed by atoms with van der Waals surface area (Å²) in [4.78, 5) is 19.1. The number of rotatable bonds is 4. The minimum Gasteiger partial charge on any atom is -0.330 e. The van der Waals surface area contributed by atoms with Crippen LogP contribution in [-0.4, -0.2) is 28.9 Å². The lowest BCUT2D eigenvalue weighted by atomic mass is 10.0. The van der Waals surface area contributed by atoms with Gasteiger partial charge in [-0.2, -0.15) is 0 Å². The lowest BCUT2D eigenvalue weighted by Gasteiger charge is -2.24. The third-order valence-electron chi connectivity index (χ3n) is 3.90. The molecule has 1 saturated heterocycles. The van der Waals surface area contributed by atoms with E-state index in [0.29, 0.717) is 17.3 Å². The fourth-order valence-corrected chi connectivity index (χ4v) is 3.75. The van der Waals surface area contributed by atoms with Gasteiger partial charge in [0.2, 0.25) is 0 Å². The Hall–Kier alpha value is -1.14. The van der Waals surface area contributed by atoms with E-state index in [4.69, 9.17) is 17.3 Å². The van der Waals surface area contributed by atoms with Gasteiger partial charge in [0.1, 0.15) is 5.69 Å². The Balaban J connectivity index is 0.00000192. The smallest absolute Gasteiger partial charge is 0.273 e. The van der Waals surface area contributed by atoms with Crippen molar-refractivity contribution in [1.82, 2.24) is 9.88 Å². The third kappa shape index (κ3) is 4.04. The van der Waals surface area contributed by atoms with Crippen LogP contribution in [0.4, 0.5) is 0 Å². The van der Waals surface area contributed by atoms with Crippen molar-refractivity contribution >= 4 is 41.3 Å². The zero-order valence-corrected chi connectivity index (χ0v) is 15.0. The molecule has 0 saturated carbocycles. The van der Waals surface area contributed by atoms with E-state index >= 15 is 0 Å². The van der Waals surface area contributed by atoms with E-state index in [1.807, 2.05) is 34.5 Å². The molecule has 7 heteroatoms. The van der Waals surface area contributed by atoms with Crippen LogP contribution in [0.3, 0.4) is 0 Å². The van der Waals surface area contributed by atoms with Gasteiger partial charge in [-0.3, -0.25) is 4.79 Å². The quantitative estimate of drug-likeness (QED) is 0.890. The van der Waals surface area contributed by atoms with Crippen LogP contribution in [0.25, 0.3) is 0 Å². The lowest BCUT2D eigenvalue weighted by Crippen LogP contribution is -2.30. The van der Waals surface area contributed by atoms with E-state index in [0.717, 1.165) is 36.4 Å². The summed E-state index contributed by atoms with van der Waals surface area (Å²) in [6.07, 6.45) is 2.71. The summed E-state index contributed by atoms with van der Waals surface area (Å²) in [5.74, 6) is 0.0111. The number of benzene rings is 1. The van der Waals surface area contributed by atoms with Crippen LogP contribution in [0.1, 0.15) is 39.9 Å². The molecule has 23 heavy (non-hydrogen) atoms. The molecule has 0 bridgehead atoms. The van der Waals surface area contributed by atoms with Crippen molar-refractivity contribution in [1.29, 1.82) is 0 Å². The van der Waals surface area contributed by atoms with E-state index in [-0.39, 0.29) is 24.4 Å². The summed E-state index contributed by atoms with van der Waals surface area (Å²) >= 11 is 7.45. The van der Waals surface area contributed by atoms with E-state index in [9.17, 15) is 4.79 Å². The molecule has 0 radical (unpaired) electrons. The van der Waals surface area contributed by atoms with Gasteiger partial charge in [0.05, 0.1) is 11.0 Å². The molecule has 1 aliphatic rings. The van der Waals surface area contributed by atoms with Crippen molar-refractivity contribution in [3.05, 3.63) is 50.9 Å². The van der Waals surface area contributed by atoms with Crippen molar-refractivity contribution in [2.75, 3.05) is 13.1 Å². The molecule has 0 aliphatic carbocycles. The van der Waals surface area contributed by atoms with Crippen LogP contribution in [-0.2, 0) is 6.42 Å². The molecule has 2 aromatic rings. The molecule has 1 aromatic heterocycles. The second-order valence-corrected chi connectivity index (χ2v) is 6.75. The lowest BCUT2D eigenvalue weighted by molar-refractivity contribution is 0.0730. The normalized spacial score (nSPS) is 17.1. The monoisotopic (exact) mass is 371 g/mol. The Morgan fingerprint density at radius 3 is 2.83 bits per heavy atom. The number of nitrogens with two attached hydrogens (primary N) is 1. The van der Waals surface area contributed by atoms with E-state index in [2.05, 4.69) is 4.98 Å². The number of amides is 1. The average Bonchev–Trinajstić information content (AvgIpc) is 3.17. The molecule has 0 spiro atoms. The predicted octanol–water partition coefficient (Wildman–Crippen LogP) is 3.70. The maximum absolute atomic E-state index is 12.7. The Kier molecular flexibility index (Phi) is 6.41. The summed E-state index contributed by atoms with van der Waals surface area (Å²) in [7, 11) is 0. The van der Waals surface area contributed by atoms with Gasteiger partial charge in [-0.05, 0) is 37.1 Å². The van der Waals surface area contributed by atoms with Gasteiger partial charge in [-0.15, -0.1) is 23.7 Å². The maximum atomic E-state index is 12.7. The fourth-order valence-electron chi connectivity index (χ4n) is 2.84. The maximum Gasteiger partial charge on any atom is 0.273 e. The molecule has 1 atom stereocenters. The highest BCUT2D eigenvalue weighted by Crippen LogP contribution is 2.33. The number of nitrogens with zero attached hydrogens (tertiary/aromatic N) is 2. The Morgan fingerprint density at radius 2 is 2.13 bits per heavy atom. The van der Waals surface area contributed by atoms with Crippen molar-refractivity contribution in [3.63, 3.8) is 0 Å². The molecule has 2 N–H and O–H groups in total. The SMILES string of the molecule is Cl.NCCc1nc(C(=O)N2CCCC2c2ccc(Cl)cc2)cs1. The van der Waals surface area contributed by atoms with Gasteiger partial charge in [0, 0.05) is 23.4 Å². The highest BCUT2D eigenvalue weighted by molar-refractivity contribution is 7.09.